The van der Waals surface area contributed by atoms with Crippen molar-refractivity contribution in [3.05, 3.63) is 0 Å². The first kappa shape index (κ1) is 18.4. The third kappa shape index (κ3) is 2.97. The molecule has 0 N–H and O–H groups in total. The number of rotatable bonds is 6. The van der Waals surface area contributed by atoms with Crippen LogP contribution < -0.4 is 0 Å². The van der Waals surface area contributed by atoms with Crippen LogP contribution in [0.5, 0.6) is 0 Å². The molecule has 24 heavy (non-hydrogen) atoms. The monoisotopic (exact) mass is 336 g/mol. The van der Waals surface area contributed by atoms with Crippen molar-refractivity contribution in [3.8, 4) is 0 Å². The van der Waals surface area contributed by atoms with Crippen molar-refractivity contribution in [2.24, 2.45) is 22.7 Å². The minimum atomic E-state index is -0.836. The molecule has 0 aromatic heterocycles. The summed E-state index contributed by atoms with van der Waals surface area (Å²) < 4.78 is 15.4. The molecule has 0 amide bonds. The molecule has 3 saturated carbocycles. The van der Waals surface area contributed by atoms with Gasteiger partial charge in [0.25, 0.3) is 0 Å². The summed E-state index contributed by atoms with van der Waals surface area (Å²) in [4.78, 5) is 13.1. The van der Waals surface area contributed by atoms with Crippen molar-refractivity contribution in [2.45, 2.75) is 110 Å². The van der Waals surface area contributed by atoms with E-state index in [-0.39, 0.29) is 0 Å². The summed E-state index contributed by atoms with van der Waals surface area (Å²) >= 11 is 0. The number of ketones is 1. The number of Topliss-reactive ketones (excluding diaryl/α,β-unsaturated/α-hetero) is 1. The molecule has 0 heterocycles. The van der Waals surface area contributed by atoms with Crippen molar-refractivity contribution in [1.29, 1.82) is 0 Å². The van der Waals surface area contributed by atoms with E-state index in [0.717, 1.165) is 63.2 Å². The predicted molar refractivity (Wildman–Crippen MR) is 97.7 cm³/mol. The molecule has 138 valence electrons. The second kappa shape index (κ2) is 7.46. The fourth-order valence-corrected chi connectivity index (χ4v) is 6.19. The molecule has 1 atom stereocenters. The van der Waals surface area contributed by atoms with E-state index in [0.29, 0.717) is 5.78 Å². The standard InChI is InChI=1S/C22H37FO/c1-3-5-6-8-18-11-15-22(16-12-18)19(23)21(20(22)24)13-9-17(7-4-2)10-14-21/h17-19H,3-16H2,1-2H3/t17?,18?,19-,21?,22?/m0/s1. The van der Waals surface area contributed by atoms with Crippen LogP contribution in [0.4, 0.5) is 4.39 Å². The molecule has 1 nitrogen and oxygen atoms in total. The van der Waals surface area contributed by atoms with E-state index in [4.69, 9.17) is 0 Å². The summed E-state index contributed by atoms with van der Waals surface area (Å²) in [6.07, 6.45) is 14.5. The molecule has 2 spiro atoms. The Hall–Kier alpha value is -0.400. The molecule has 3 fully saturated rings. The van der Waals surface area contributed by atoms with E-state index < -0.39 is 17.0 Å². The van der Waals surface area contributed by atoms with Crippen molar-refractivity contribution in [3.63, 3.8) is 0 Å². The first-order valence-corrected chi connectivity index (χ1v) is 10.8. The normalized spacial score (nSPS) is 42.5. The minimum Gasteiger partial charge on any atom is -0.298 e. The highest BCUT2D eigenvalue weighted by Crippen LogP contribution is 2.65. The average Bonchev–Trinajstić information content (AvgIpc) is 2.63. The van der Waals surface area contributed by atoms with Gasteiger partial charge in [0.15, 0.2) is 5.78 Å². The summed E-state index contributed by atoms with van der Waals surface area (Å²) in [5.41, 5.74) is -1.11. The molecule has 0 unspecified atom stereocenters. The Morgan fingerprint density at radius 3 is 1.75 bits per heavy atom. The van der Waals surface area contributed by atoms with Gasteiger partial charge < -0.3 is 0 Å². The molecule has 3 rings (SSSR count). The first-order valence-electron chi connectivity index (χ1n) is 10.8. The van der Waals surface area contributed by atoms with E-state index in [1.807, 2.05) is 0 Å². The third-order valence-corrected chi connectivity index (χ3v) is 7.78. The van der Waals surface area contributed by atoms with Crippen LogP contribution in [0.25, 0.3) is 0 Å². The van der Waals surface area contributed by atoms with Gasteiger partial charge in [-0.05, 0) is 63.2 Å². The quantitative estimate of drug-likeness (QED) is 0.497. The van der Waals surface area contributed by atoms with E-state index in [1.165, 1.54) is 38.5 Å². The predicted octanol–water partition coefficient (Wildman–Crippen LogP) is 6.64. The van der Waals surface area contributed by atoms with Crippen molar-refractivity contribution in [1.82, 2.24) is 0 Å². The number of unbranched alkanes of at least 4 members (excludes halogenated alkanes) is 2. The summed E-state index contributed by atoms with van der Waals surface area (Å²) in [7, 11) is 0. The second-order valence-corrected chi connectivity index (χ2v) is 9.18. The van der Waals surface area contributed by atoms with Gasteiger partial charge >= 0.3 is 0 Å². The molecule has 3 aliphatic rings. The van der Waals surface area contributed by atoms with Gasteiger partial charge in [0.2, 0.25) is 0 Å². The van der Waals surface area contributed by atoms with Crippen LogP contribution >= 0.6 is 0 Å². The fraction of sp³-hybridized carbons (Fsp3) is 0.955. The van der Waals surface area contributed by atoms with Crippen LogP contribution in [0.3, 0.4) is 0 Å². The Kier molecular flexibility index (Phi) is 5.72. The molecule has 0 aromatic rings. The molecule has 0 aliphatic heterocycles. The third-order valence-electron chi connectivity index (χ3n) is 7.78. The van der Waals surface area contributed by atoms with Gasteiger partial charge in [-0.15, -0.1) is 0 Å². The van der Waals surface area contributed by atoms with Gasteiger partial charge in [0.1, 0.15) is 6.17 Å². The fourth-order valence-electron chi connectivity index (χ4n) is 6.19. The van der Waals surface area contributed by atoms with Crippen LogP contribution in [-0.2, 0) is 4.79 Å². The number of halogens is 1. The molecular formula is C22H37FO. The van der Waals surface area contributed by atoms with E-state index in [2.05, 4.69) is 13.8 Å². The maximum absolute atomic E-state index is 15.4. The zero-order valence-electron chi connectivity index (χ0n) is 15.9. The van der Waals surface area contributed by atoms with Crippen LogP contribution in [0, 0.1) is 22.7 Å². The first-order chi connectivity index (χ1) is 11.6. The smallest absolute Gasteiger partial charge is 0.151 e. The number of carbonyl (C=O) groups is 1. The maximum atomic E-state index is 15.4. The summed E-state index contributed by atoms with van der Waals surface area (Å²) in [6.45, 7) is 4.47. The van der Waals surface area contributed by atoms with Crippen LogP contribution in [0.1, 0.15) is 104 Å². The molecule has 2 heteroatoms. The van der Waals surface area contributed by atoms with Gasteiger partial charge in [-0.3, -0.25) is 4.79 Å². The average molecular weight is 337 g/mol. The Morgan fingerprint density at radius 1 is 0.833 bits per heavy atom. The molecule has 0 saturated heterocycles. The highest BCUT2D eigenvalue weighted by molar-refractivity contribution is 5.98. The lowest BCUT2D eigenvalue weighted by atomic mass is 9.41. The highest BCUT2D eigenvalue weighted by Gasteiger charge is 2.71. The number of alkyl halides is 1. The van der Waals surface area contributed by atoms with Crippen LogP contribution in [-0.4, -0.2) is 12.0 Å². The van der Waals surface area contributed by atoms with E-state index >= 15 is 4.39 Å². The highest BCUT2D eigenvalue weighted by atomic mass is 19.1. The van der Waals surface area contributed by atoms with Crippen LogP contribution in [0.2, 0.25) is 0 Å². The lowest BCUT2D eigenvalue weighted by molar-refractivity contribution is -0.193. The van der Waals surface area contributed by atoms with Gasteiger partial charge in [-0.1, -0.05) is 52.4 Å². The molecule has 0 radical (unpaired) electrons. The van der Waals surface area contributed by atoms with E-state index in [1.54, 1.807) is 0 Å². The lowest BCUT2D eigenvalue weighted by Crippen LogP contribution is -2.69. The minimum absolute atomic E-state index is 0.337. The van der Waals surface area contributed by atoms with Crippen molar-refractivity contribution in [2.75, 3.05) is 0 Å². The summed E-state index contributed by atoms with van der Waals surface area (Å²) in [5, 5.41) is 0. The van der Waals surface area contributed by atoms with Gasteiger partial charge in [-0.25, -0.2) is 4.39 Å². The number of hydrogen-bond acceptors (Lipinski definition) is 1. The van der Waals surface area contributed by atoms with Crippen molar-refractivity contribution >= 4 is 5.78 Å². The van der Waals surface area contributed by atoms with Crippen molar-refractivity contribution < 1.29 is 9.18 Å². The number of hydrogen-bond donors (Lipinski definition) is 0. The zero-order valence-corrected chi connectivity index (χ0v) is 15.9. The Bertz CT molecular complexity index is 427. The summed E-state index contributed by atoms with van der Waals surface area (Å²) in [6, 6.07) is 0. The van der Waals surface area contributed by atoms with Gasteiger partial charge in [-0.2, -0.15) is 0 Å². The molecule has 0 bridgehead atoms. The van der Waals surface area contributed by atoms with Gasteiger partial charge in [0.05, 0.1) is 10.8 Å². The maximum Gasteiger partial charge on any atom is 0.151 e. The Balaban J connectivity index is 1.54. The lowest BCUT2D eigenvalue weighted by Gasteiger charge is -2.61. The van der Waals surface area contributed by atoms with E-state index in [9.17, 15) is 4.79 Å². The molecule has 3 aliphatic carbocycles. The Morgan fingerprint density at radius 2 is 1.33 bits per heavy atom. The second-order valence-electron chi connectivity index (χ2n) is 9.18. The topological polar surface area (TPSA) is 17.1 Å². The molecular weight excluding hydrogens is 299 g/mol. The van der Waals surface area contributed by atoms with Gasteiger partial charge in [0, 0.05) is 0 Å². The SMILES string of the molecule is CCCCCC1CCC2(CC1)C(=O)C1(CCC(CCC)CC1)[C@@H]2F. The zero-order chi connectivity index (χ0) is 17.2. The Labute approximate surface area is 148 Å². The van der Waals surface area contributed by atoms with Crippen LogP contribution in [0.15, 0.2) is 0 Å². The number of carbonyl (C=O) groups excluding carboxylic acids is 1. The summed E-state index contributed by atoms with van der Waals surface area (Å²) in [5.74, 6) is 1.83. The molecule has 0 aromatic carbocycles. The largest absolute Gasteiger partial charge is 0.298 e.